The summed E-state index contributed by atoms with van der Waals surface area (Å²) >= 11 is 0. The molecule has 1 N–H and O–H groups in total. The van der Waals surface area contributed by atoms with Crippen molar-refractivity contribution >= 4 is 11.6 Å². The molecule has 0 aliphatic carbocycles. The van der Waals surface area contributed by atoms with E-state index >= 15 is 0 Å². The Labute approximate surface area is 117 Å². The number of hydrogen-bond donors (Lipinski definition) is 1. The van der Waals surface area contributed by atoms with Gasteiger partial charge < -0.3 is 10.2 Å². The van der Waals surface area contributed by atoms with Gasteiger partial charge in [0.1, 0.15) is 11.7 Å². The predicted octanol–water partition coefficient (Wildman–Crippen LogP) is 2.80. The van der Waals surface area contributed by atoms with Crippen LogP contribution in [0.5, 0.6) is 0 Å². The number of anilines is 1. The maximum absolute atomic E-state index is 13.5. The number of nitrogens with zero attached hydrogens (tertiary/aromatic N) is 1. The van der Waals surface area contributed by atoms with E-state index in [1.54, 1.807) is 0 Å². The van der Waals surface area contributed by atoms with Crippen molar-refractivity contribution in [3.8, 4) is 0 Å². The third-order valence-electron chi connectivity index (χ3n) is 3.36. The zero-order valence-corrected chi connectivity index (χ0v) is 11.2. The molecule has 1 unspecified atom stereocenters. The van der Waals surface area contributed by atoms with Crippen LogP contribution in [0, 0.1) is 29.1 Å². The van der Waals surface area contributed by atoms with E-state index in [9.17, 15) is 26.7 Å². The first-order chi connectivity index (χ1) is 9.84. The van der Waals surface area contributed by atoms with Crippen molar-refractivity contribution in [2.24, 2.45) is 0 Å². The Hall–Kier alpha value is -1.86. The van der Waals surface area contributed by atoms with E-state index in [4.69, 9.17) is 0 Å². The van der Waals surface area contributed by atoms with Crippen LogP contribution in [0.25, 0.3) is 0 Å². The summed E-state index contributed by atoms with van der Waals surface area (Å²) in [7, 11) is 0. The maximum Gasteiger partial charge on any atom is 0.244 e. The van der Waals surface area contributed by atoms with Crippen LogP contribution in [0.15, 0.2) is 0 Å². The van der Waals surface area contributed by atoms with E-state index in [0.29, 0.717) is 13.1 Å². The molecule has 8 heteroatoms. The molecule has 1 aliphatic heterocycles. The predicted molar refractivity (Wildman–Crippen MR) is 65.1 cm³/mol. The van der Waals surface area contributed by atoms with Crippen molar-refractivity contribution in [1.82, 2.24) is 4.90 Å². The van der Waals surface area contributed by atoms with Crippen LogP contribution < -0.4 is 5.32 Å². The van der Waals surface area contributed by atoms with Gasteiger partial charge in [-0.2, -0.15) is 0 Å². The first-order valence-corrected chi connectivity index (χ1v) is 6.41. The van der Waals surface area contributed by atoms with Gasteiger partial charge in [-0.05, 0) is 19.8 Å². The minimum absolute atomic E-state index is 0.448. The summed E-state index contributed by atoms with van der Waals surface area (Å²) < 4.78 is 66.0. The van der Waals surface area contributed by atoms with Crippen LogP contribution >= 0.6 is 0 Å². The van der Waals surface area contributed by atoms with E-state index in [1.807, 2.05) is 0 Å². The largest absolute Gasteiger partial charge is 0.369 e. The van der Waals surface area contributed by atoms with Gasteiger partial charge in [0.05, 0.1) is 0 Å². The van der Waals surface area contributed by atoms with E-state index in [-0.39, 0.29) is 0 Å². The average molecular weight is 308 g/mol. The minimum atomic E-state index is -2.23. The van der Waals surface area contributed by atoms with Gasteiger partial charge in [0, 0.05) is 13.1 Å². The fourth-order valence-electron chi connectivity index (χ4n) is 2.22. The van der Waals surface area contributed by atoms with E-state index in [1.165, 1.54) is 11.8 Å². The molecule has 0 aromatic heterocycles. The van der Waals surface area contributed by atoms with Crippen molar-refractivity contribution < 1.29 is 26.7 Å². The molecule has 3 nitrogen and oxygen atoms in total. The molecule has 1 fully saturated rings. The summed E-state index contributed by atoms with van der Waals surface area (Å²) in [5.74, 6) is -10.7. The van der Waals surface area contributed by atoms with Crippen molar-refractivity contribution in [3.05, 3.63) is 29.1 Å². The molecule has 116 valence electrons. The molecule has 1 heterocycles. The minimum Gasteiger partial charge on any atom is -0.369 e. The van der Waals surface area contributed by atoms with Crippen LogP contribution in [-0.2, 0) is 4.79 Å². The summed E-state index contributed by atoms with van der Waals surface area (Å²) in [6.07, 6.45) is 1.64. The molecule has 0 spiro atoms. The Morgan fingerprint density at radius 1 is 0.952 bits per heavy atom. The van der Waals surface area contributed by atoms with Crippen LogP contribution in [0.1, 0.15) is 19.8 Å². The Bertz CT molecular complexity index is 543. The van der Waals surface area contributed by atoms with Crippen molar-refractivity contribution in [2.75, 3.05) is 18.4 Å². The number of carbonyl (C=O) groups excluding carboxylic acids is 1. The fourth-order valence-corrected chi connectivity index (χ4v) is 2.22. The normalized spacial score (nSPS) is 16.2. The SMILES string of the molecule is CC(Nc1c(F)c(F)c(F)c(F)c1F)C(=O)N1CCCC1. The molecule has 1 aliphatic rings. The zero-order valence-electron chi connectivity index (χ0n) is 11.2. The number of benzene rings is 1. The Kier molecular flexibility index (Phi) is 4.34. The second-order valence-corrected chi connectivity index (χ2v) is 4.84. The Balaban J connectivity index is 2.25. The second kappa shape index (κ2) is 5.87. The topological polar surface area (TPSA) is 32.3 Å². The van der Waals surface area contributed by atoms with E-state index < -0.39 is 46.7 Å². The lowest BCUT2D eigenvalue weighted by Gasteiger charge is -2.22. The van der Waals surface area contributed by atoms with Crippen LogP contribution in [-0.4, -0.2) is 29.9 Å². The van der Waals surface area contributed by atoms with Gasteiger partial charge >= 0.3 is 0 Å². The first kappa shape index (κ1) is 15.5. The van der Waals surface area contributed by atoms with Gasteiger partial charge in [-0.25, -0.2) is 22.0 Å². The van der Waals surface area contributed by atoms with Crippen molar-refractivity contribution in [2.45, 2.75) is 25.8 Å². The van der Waals surface area contributed by atoms with Gasteiger partial charge in [0.15, 0.2) is 23.3 Å². The highest BCUT2D eigenvalue weighted by Crippen LogP contribution is 2.27. The monoisotopic (exact) mass is 308 g/mol. The molecule has 21 heavy (non-hydrogen) atoms. The first-order valence-electron chi connectivity index (χ1n) is 6.41. The smallest absolute Gasteiger partial charge is 0.244 e. The summed E-state index contributed by atoms with van der Waals surface area (Å²) in [6, 6.07) is -1.10. The van der Waals surface area contributed by atoms with Crippen LogP contribution in [0.3, 0.4) is 0 Å². The van der Waals surface area contributed by atoms with Gasteiger partial charge in [-0.15, -0.1) is 0 Å². The maximum atomic E-state index is 13.5. The second-order valence-electron chi connectivity index (χ2n) is 4.84. The molecule has 1 saturated heterocycles. The third kappa shape index (κ3) is 2.79. The van der Waals surface area contributed by atoms with E-state index in [2.05, 4.69) is 5.32 Å². The Morgan fingerprint density at radius 3 is 1.86 bits per heavy atom. The molecule has 1 aromatic rings. The van der Waals surface area contributed by atoms with Crippen LogP contribution in [0.2, 0.25) is 0 Å². The highest BCUT2D eigenvalue weighted by atomic mass is 19.2. The van der Waals surface area contributed by atoms with Gasteiger partial charge in [0.25, 0.3) is 0 Å². The van der Waals surface area contributed by atoms with Gasteiger partial charge in [-0.3, -0.25) is 4.79 Å². The molecular formula is C13H13F5N2O. The zero-order chi connectivity index (χ0) is 15.7. The third-order valence-corrected chi connectivity index (χ3v) is 3.36. The quantitative estimate of drug-likeness (QED) is 0.529. The lowest BCUT2D eigenvalue weighted by Crippen LogP contribution is -2.40. The lowest BCUT2D eigenvalue weighted by molar-refractivity contribution is -0.130. The number of carbonyl (C=O) groups is 1. The van der Waals surface area contributed by atoms with Crippen molar-refractivity contribution in [3.63, 3.8) is 0 Å². The molecule has 0 bridgehead atoms. The lowest BCUT2D eigenvalue weighted by atomic mass is 10.2. The molecule has 1 atom stereocenters. The summed E-state index contributed by atoms with van der Waals surface area (Å²) in [5.41, 5.74) is -1.19. The van der Waals surface area contributed by atoms with Gasteiger partial charge in [0.2, 0.25) is 11.7 Å². The highest BCUT2D eigenvalue weighted by molar-refractivity contribution is 5.84. The summed E-state index contributed by atoms with van der Waals surface area (Å²) in [5, 5.41) is 2.08. The fraction of sp³-hybridized carbons (Fsp3) is 0.462. The molecule has 0 radical (unpaired) electrons. The molecular weight excluding hydrogens is 295 g/mol. The number of halogens is 5. The molecule has 0 saturated carbocycles. The summed E-state index contributed by atoms with van der Waals surface area (Å²) in [6.45, 7) is 2.34. The number of nitrogens with one attached hydrogen (secondary N) is 1. The van der Waals surface area contributed by atoms with Gasteiger partial charge in [-0.1, -0.05) is 0 Å². The Morgan fingerprint density at radius 2 is 1.38 bits per heavy atom. The average Bonchev–Trinajstić information content (AvgIpc) is 3.00. The van der Waals surface area contributed by atoms with E-state index in [0.717, 1.165) is 12.8 Å². The summed E-state index contributed by atoms with van der Waals surface area (Å²) in [4.78, 5) is 13.4. The number of likely N-dealkylation sites (tertiary alicyclic amines) is 1. The number of rotatable bonds is 3. The molecule has 1 amide bonds. The molecule has 2 rings (SSSR count). The standard InChI is InChI=1S/C13H13F5N2O/c1-6(13(21)20-4-2-3-5-20)19-12-10(17)8(15)7(14)9(16)11(12)18/h6,19H,2-5H2,1H3. The number of hydrogen-bond acceptors (Lipinski definition) is 2. The van der Waals surface area contributed by atoms with Crippen molar-refractivity contribution in [1.29, 1.82) is 0 Å². The van der Waals surface area contributed by atoms with Crippen LogP contribution in [0.4, 0.5) is 27.6 Å². The molecule has 1 aromatic carbocycles. The highest BCUT2D eigenvalue weighted by Gasteiger charge is 2.29. The number of amides is 1.